The highest BCUT2D eigenvalue weighted by molar-refractivity contribution is 7.13. The summed E-state index contributed by atoms with van der Waals surface area (Å²) in [6.45, 7) is 1.78. The van der Waals surface area contributed by atoms with Crippen LogP contribution in [0.4, 0.5) is 5.69 Å². The van der Waals surface area contributed by atoms with Gasteiger partial charge in [-0.2, -0.15) is 0 Å². The molecule has 10 heteroatoms. The van der Waals surface area contributed by atoms with E-state index in [0.717, 1.165) is 4.88 Å². The topological polar surface area (TPSA) is 125 Å². The lowest BCUT2D eigenvalue weighted by molar-refractivity contribution is -0.116. The molecular weight excluding hydrogens is 404 g/mol. The number of aromatic nitrogens is 4. The Hall–Kier alpha value is -3.79. The van der Waals surface area contributed by atoms with Gasteiger partial charge in [-0.05, 0) is 30.5 Å². The van der Waals surface area contributed by atoms with E-state index < -0.39 is 17.5 Å². The Morgan fingerprint density at radius 3 is 2.50 bits per heavy atom. The van der Waals surface area contributed by atoms with Gasteiger partial charge in [0.2, 0.25) is 5.91 Å². The monoisotopic (exact) mass is 422 g/mol. The minimum absolute atomic E-state index is 0.0970. The number of anilines is 1. The Labute approximate surface area is 174 Å². The number of hydrogen-bond donors (Lipinski definition) is 2. The van der Waals surface area contributed by atoms with Crippen LogP contribution in [0.2, 0.25) is 0 Å². The third-order valence-corrected chi connectivity index (χ3v) is 5.37. The number of carbonyl (C=O) groups excluding carboxylic acids is 2. The smallest absolute Gasteiger partial charge is 0.330 e. The van der Waals surface area contributed by atoms with E-state index in [0.29, 0.717) is 18.1 Å². The molecule has 0 spiro atoms. The first-order valence-corrected chi connectivity index (χ1v) is 10.1. The Morgan fingerprint density at radius 2 is 1.87 bits per heavy atom. The molecule has 2 amide bonds. The molecule has 3 N–H and O–H groups in total. The summed E-state index contributed by atoms with van der Waals surface area (Å²) in [5.74, 6) is -0.915. The van der Waals surface area contributed by atoms with Crippen LogP contribution in [-0.4, -0.2) is 30.9 Å². The molecule has 0 unspecified atom stereocenters. The van der Waals surface area contributed by atoms with Crippen molar-refractivity contribution in [2.45, 2.75) is 20.0 Å². The molecule has 0 bridgehead atoms. The maximum Gasteiger partial charge on any atom is 0.330 e. The van der Waals surface area contributed by atoms with E-state index >= 15 is 0 Å². The molecule has 4 aromatic rings. The average molecular weight is 422 g/mol. The van der Waals surface area contributed by atoms with Crippen molar-refractivity contribution in [2.75, 3.05) is 5.32 Å². The fourth-order valence-corrected chi connectivity index (χ4v) is 3.85. The first-order chi connectivity index (χ1) is 14.5. The number of imidazole rings is 1. The lowest BCUT2D eigenvalue weighted by Gasteiger charge is -2.08. The number of nitrogens with one attached hydrogen (secondary N) is 1. The Kier molecular flexibility index (Phi) is 5.15. The number of hydrogen-bond acceptors (Lipinski definition) is 6. The van der Waals surface area contributed by atoms with E-state index in [-0.39, 0.29) is 23.4 Å². The van der Waals surface area contributed by atoms with E-state index in [4.69, 9.17) is 5.73 Å². The predicted molar refractivity (Wildman–Crippen MR) is 114 cm³/mol. The lowest BCUT2D eigenvalue weighted by atomic mass is 10.3. The number of amides is 2. The number of rotatable bonds is 6. The number of fused-ring (bicyclic) bond motifs is 1. The zero-order valence-corrected chi connectivity index (χ0v) is 16.8. The second-order valence-corrected chi connectivity index (χ2v) is 7.38. The van der Waals surface area contributed by atoms with E-state index in [9.17, 15) is 14.4 Å². The van der Waals surface area contributed by atoms with E-state index in [2.05, 4.69) is 15.3 Å². The molecule has 0 aliphatic rings. The van der Waals surface area contributed by atoms with Gasteiger partial charge in [0.05, 0.1) is 4.88 Å². The third kappa shape index (κ3) is 3.48. The van der Waals surface area contributed by atoms with Gasteiger partial charge < -0.3 is 11.1 Å². The number of carbonyl (C=O) groups is 2. The summed E-state index contributed by atoms with van der Waals surface area (Å²) in [6, 6.07) is 12.5. The summed E-state index contributed by atoms with van der Waals surface area (Å²) in [4.78, 5) is 47.3. The van der Waals surface area contributed by atoms with Crippen molar-refractivity contribution >= 4 is 40.0 Å². The van der Waals surface area contributed by atoms with Crippen LogP contribution in [0.3, 0.4) is 0 Å². The van der Waals surface area contributed by atoms with Gasteiger partial charge in [0.15, 0.2) is 17.2 Å². The summed E-state index contributed by atoms with van der Waals surface area (Å²) in [7, 11) is 0. The highest BCUT2D eigenvalue weighted by Crippen LogP contribution is 2.25. The second-order valence-electron chi connectivity index (χ2n) is 6.44. The number of para-hydroxylation sites is 1. The normalized spacial score (nSPS) is 11.0. The molecule has 0 atom stereocenters. The van der Waals surface area contributed by atoms with Crippen molar-refractivity contribution in [1.29, 1.82) is 0 Å². The molecule has 4 rings (SSSR count). The van der Waals surface area contributed by atoms with Crippen LogP contribution in [0.1, 0.15) is 17.4 Å². The van der Waals surface area contributed by atoms with E-state index in [1.807, 2.05) is 23.6 Å². The van der Waals surface area contributed by atoms with Crippen molar-refractivity contribution < 1.29 is 9.59 Å². The molecule has 9 nitrogen and oxygen atoms in total. The molecule has 3 heterocycles. The number of thiophene rings is 1. The van der Waals surface area contributed by atoms with Gasteiger partial charge in [-0.1, -0.05) is 24.3 Å². The van der Waals surface area contributed by atoms with Crippen LogP contribution in [0, 0.1) is 0 Å². The molecule has 0 fully saturated rings. The zero-order valence-electron chi connectivity index (χ0n) is 16.0. The van der Waals surface area contributed by atoms with Crippen molar-refractivity contribution in [1.82, 2.24) is 19.1 Å². The summed E-state index contributed by atoms with van der Waals surface area (Å²) in [5.41, 5.74) is 6.03. The van der Waals surface area contributed by atoms with Crippen LogP contribution in [0.15, 0.2) is 52.6 Å². The molecule has 30 heavy (non-hydrogen) atoms. The van der Waals surface area contributed by atoms with Crippen molar-refractivity contribution in [2.24, 2.45) is 5.73 Å². The highest BCUT2D eigenvalue weighted by atomic mass is 32.1. The molecule has 0 saturated heterocycles. The van der Waals surface area contributed by atoms with Gasteiger partial charge in [-0.25, -0.2) is 14.8 Å². The first kappa shape index (κ1) is 19.5. The number of nitrogens with zero attached hydrogens (tertiary/aromatic N) is 4. The van der Waals surface area contributed by atoms with E-state index in [1.54, 1.807) is 31.2 Å². The van der Waals surface area contributed by atoms with Crippen molar-refractivity contribution in [3.8, 4) is 10.7 Å². The molecule has 0 radical (unpaired) electrons. The predicted octanol–water partition coefficient (Wildman–Crippen LogP) is 2.08. The van der Waals surface area contributed by atoms with Gasteiger partial charge in [0.1, 0.15) is 12.1 Å². The minimum Gasteiger partial charge on any atom is -0.364 e. The molecule has 1 aromatic carbocycles. The zero-order chi connectivity index (χ0) is 21.3. The summed E-state index contributed by atoms with van der Waals surface area (Å²) < 4.78 is 2.59. The second kappa shape index (κ2) is 7.91. The van der Waals surface area contributed by atoms with Crippen LogP contribution >= 0.6 is 11.3 Å². The Morgan fingerprint density at radius 1 is 1.10 bits per heavy atom. The van der Waals surface area contributed by atoms with Gasteiger partial charge in [0, 0.05) is 12.2 Å². The Balaban J connectivity index is 1.85. The maximum absolute atomic E-state index is 13.0. The fourth-order valence-electron chi connectivity index (χ4n) is 3.20. The standard InChI is InChI=1S/C20H18N6O3S/c1-2-25-19-16(15(17(21)28)23-18(24-19)13-9-6-10-30-13)26(20(25)29)11-14(27)22-12-7-4-3-5-8-12/h3-10H,2,11H2,1H3,(H2,21,28)(H,22,27). The van der Waals surface area contributed by atoms with Crippen molar-refractivity contribution in [3.05, 3.63) is 64.0 Å². The lowest BCUT2D eigenvalue weighted by Crippen LogP contribution is -2.29. The molecule has 0 aliphatic heterocycles. The summed E-state index contributed by atoms with van der Waals surface area (Å²) in [6.07, 6.45) is 0. The van der Waals surface area contributed by atoms with Crippen LogP contribution in [0.25, 0.3) is 21.9 Å². The fraction of sp³-hybridized carbons (Fsp3) is 0.150. The van der Waals surface area contributed by atoms with Gasteiger partial charge in [0.25, 0.3) is 5.91 Å². The molecule has 152 valence electrons. The first-order valence-electron chi connectivity index (χ1n) is 9.19. The number of aryl methyl sites for hydroxylation is 1. The largest absolute Gasteiger partial charge is 0.364 e. The average Bonchev–Trinajstić information content (AvgIpc) is 3.35. The van der Waals surface area contributed by atoms with Crippen molar-refractivity contribution in [3.63, 3.8) is 0 Å². The van der Waals surface area contributed by atoms with Gasteiger partial charge in [-0.3, -0.25) is 18.7 Å². The number of benzene rings is 1. The molecule has 3 aromatic heterocycles. The number of primary amides is 1. The van der Waals surface area contributed by atoms with Gasteiger partial charge in [-0.15, -0.1) is 11.3 Å². The van der Waals surface area contributed by atoms with Crippen LogP contribution in [0.5, 0.6) is 0 Å². The highest BCUT2D eigenvalue weighted by Gasteiger charge is 2.24. The van der Waals surface area contributed by atoms with Crippen LogP contribution < -0.4 is 16.7 Å². The van der Waals surface area contributed by atoms with E-state index in [1.165, 1.54) is 20.5 Å². The molecule has 0 aliphatic carbocycles. The molecule has 0 saturated carbocycles. The Bertz CT molecular complexity index is 1290. The quantitative estimate of drug-likeness (QED) is 0.492. The summed E-state index contributed by atoms with van der Waals surface area (Å²) in [5, 5.41) is 4.59. The maximum atomic E-state index is 13.0. The van der Waals surface area contributed by atoms with Crippen LogP contribution in [-0.2, 0) is 17.9 Å². The number of nitrogens with two attached hydrogens (primary N) is 1. The minimum atomic E-state index is -0.800. The third-order valence-electron chi connectivity index (χ3n) is 4.50. The summed E-state index contributed by atoms with van der Waals surface area (Å²) >= 11 is 1.41. The SMILES string of the molecule is CCn1c(=O)n(CC(=O)Nc2ccccc2)c2c(C(N)=O)nc(-c3cccs3)nc21. The molecular formula is C20H18N6O3S. The van der Waals surface area contributed by atoms with Gasteiger partial charge >= 0.3 is 5.69 Å².